The van der Waals surface area contributed by atoms with Crippen LogP contribution < -0.4 is 0 Å². The minimum Gasteiger partial charge on any atom is -0.347 e. The number of carbonyl (C=O) groups excluding carboxylic acids is 1. The van der Waals surface area contributed by atoms with Gasteiger partial charge < -0.3 is 9.13 Å². The first-order valence-electron chi connectivity index (χ1n) is 14.7. The number of nitrogens with zero attached hydrogens (tertiary/aromatic N) is 3. The number of fused-ring (bicyclic) bond motifs is 3. The second-order valence-corrected chi connectivity index (χ2v) is 4.59. The molecule has 0 aliphatic heterocycles. The van der Waals surface area contributed by atoms with Crippen LogP contribution in [-0.2, 0) is 19.9 Å². The molecule has 0 bridgehead atoms. The van der Waals surface area contributed by atoms with Crippen LogP contribution in [0.3, 0.4) is 0 Å². The van der Waals surface area contributed by atoms with E-state index in [0.29, 0.717) is 4.57 Å². The lowest BCUT2D eigenvalue weighted by Gasteiger charge is -2.23. The predicted octanol–water partition coefficient (Wildman–Crippen LogP) is 3.13. The van der Waals surface area contributed by atoms with Crippen molar-refractivity contribution < 1.29 is 28.1 Å². The maximum atomic E-state index is 14.0. The summed E-state index contributed by atoms with van der Waals surface area (Å²) in [6, 6.07) is -3.67. The van der Waals surface area contributed by atoms with E-state index in [-0.39, 0.29) is 4.57 Å². The fraction of sp³-hybridized carbons (Fsp3) is 0.333. The van der Waals surface area contributed by atoms with E-state index in [1.807, 2.05) is 0 Å². The Labute approximate surface area is 153 Å². The fourth-order valence-electron chi connectivity index (χ4n) is 2.31. The molecule has 2 heterocycles. The highest BCUT2D eigenvalue weighted by atomic mass is 16.1. The highest BCUT2D eigenvalue weighted by molar-refractivity contribution is 6.11. The maximum Gasteiger partial charge on any atom is 0.170 e. The number of aryl methyl sites for hydroxylation is 2. The van der Waals surface area contributed by atoms with Crippen molar-refractivity contribution in [1.82, 2.24) is 14.1 Å². The van der Waals surface area contributed by atoms with Crippen molar-refractivity contribution in [2.75, 3.05) is 0 Å². The van der Waals surface area contributed by atoms with Crippen LogP contribution in [0.4, 0.5) is 0 Å². The molecule has 0 saturated heterocycles. The predicted molar refractivity (Wildman–Crippen MR) is 86.0 cm³/mol. The van der Waals surface area contributed by atoms with Crippen LogP contribution in [0, 0.1) is 12.7 Å². The third-order valence-electron chi connectivity index (χ3n) is 3.35. The van der Waals surface area contributed by atoms with Crippen molar-refractivity contribution in [2.24, 2.45) is 12.9 Å². The van der Waals surface area contributed by atoms with Gasteiger partial charge in [-0.3, -0.25) is 4.79 Å². The fourth-order valence-corrected chi connectivity index (χ4v) is 2.31. The number of rotatable bonds is 2. The van der Waals surface area contributed by atoms with E-state index in [1.165, 1.54) is 0 Å². The lowest BCUT2D eigenvalue weighted by atomic mass is 9.85. The summed E-state index contributed by atoms with van der Waals surface area (Å²) in [7, 11) is 0. The first kappa shape index (κ1) is 4.34. The van der Waals surface area contributed by atoms with Crippen LogP contribution >= 0.6 is 0 Å². The van der Waals surface area contributed by atoms with Gasteiger partial charge in [0.25, 0.3) is 0 Å². The summed E-state index contributed by atoms with van der Waals surface area (Å²) in [5.41, 5.74) is -2.91. The quantitative estimate of drug-likeness (QED) is 0.729. The minimum atomic E-state index is -3.63. The molecule has 0 saturated carbocycles. The molecule has 4 rings (SSSR count). The zero-order valence-electron chi connectivity index (χ0n) is 28.0. The summed E-state index contributed by atoms with van der Waals surface area (Å²) in [6.07, 6.45) is -8.94. The lowest BCUT2D eigenvalue weighted by molar-refractivity contribution is 0.0888. The van der Waals surface area contributed by atoms with Crippen molar-refractivity contribution in [2.45, 2.75) is 26.1 Å². The average molecular weight is 310 g/mol. The average Bonchev–Trinajstić information content (AvgIpc) is 3.31. The van der Waals surface area contributed by atoms with Gasteiger partial charge in [-0.25, -0.2) is 4.98 Å². The van der Waals surface area contributed by atoms with Gasteiger partial charge in [0.05, 0.1) is 8.22 Å². The van der Waals surface area contributed by atoms with Gasteiger partial charge in [0.2, 0.25) is 0 Å². The summed E-state index contributed by atoms with van der Waals surface area (Å²) in [6.45, 7) is -7.79. The number of para-hydroxylation sites is 1. The van der Waals surface area contributed by atoms with Gasteiger partial charge in [-0.1, -0.05) is 18.1 Å². The Hall–Kier alpha value is -2.36. The van der Waals surface area contributed by atoms with Crippen LogP contribution in [0.1, 0.15) is 51.6 Å². The molecule has 1 aliphatic rings. The first-order valence-corrected chi connectivity index (χ1v) is 6.19. The number of hydrogen-bond donors (Lipinski definition) is 0. The summed E-state index contributed by atoms with van der Waals surface area (Å²) >= 11 is 0. The third-order valence-corrected chi connectivity index (χ3v) is 3.35. The molecule has 0 fully saturated rings. The van der Waals surface area contributed by atoms with Gasteiger partial charge in [0.1, 0.15) is 5.82 Å². The van der Waals surface area contributed by atoms with Crippen LogP contribution in [0.15, 0.2) is 36.5 Å². The number of aromatic nitrogens is 3. The van der Waals surface area contributed by atoms with E-state index in [2.05, 4.69) is 4.98 Å². The first-order chi connectivity index (χ1) is 17.4. The third kappa shape index (κ3) is 1.83. The minimum absolute atomic E-state index is 0.160. The molecule has 4 heteroatoms. The number of hydrogen-bond acceptors (Lipinski definition) is 2. The van der Waals surface area contributed by atoms with Crippen molar-refractivity contribution in [3.63, 3.8) is 0 Å². The largest absolute Gasteiger partial charge is 0.347 e. The maximum absolute atomic E-state index is 14.0. The number of Topliss-reactive ketones (excluding diaryl/α,β-unsaturated/α-hetero) is 1. The van der Waals surface area contributed by atoms with E-state index >= 15 is 0 Å². The van der Waals surface area contributed by atoms with Crippen LogP contribution in [0.5, 0.6) is 0 Å². The molecule has 3 aromatic rings. The molecular weight excluding hydrogens is 274 g/mol. The molecule has 1 unspecified atom stereocenters. The van der Waals surface area contributed by atoms with Gasteiger partial charge in [0, 0.05) is 69.0 Å². The molecule has 0 radical (unpaired) electrons. The zero-order valence-corrected chi connectivity index (χ0v) is 11.0. The Morgan fingerprint density at radius 3 is 3.32 bits per heavy atom. The molecule has 0 spiro atoms. The molecule has 0 amide bonds. The van der Waals surface area contributed by atoms with E-state index in [1.54, 1.807) is 0 Å². The van der Waals surface area contributed by atoms with Crippen molar-refractivity contribution >= 4 is 16.7 Å². The van der Waals surface area contributed by atoms with Gasteiger partial charge in [0.15, 0.2) is 5.78 Å². The van der Waals surface area contributed by atoms with Gasteiger partial charge in [-0.05, 0) is 25.6 Å². The highest BCUT2D eigenvalue weighted by Crippen LogP contribution is 2.34. The Balaban J connectivity index is 2.19. The summed E-state index contributed by atoms with van der Waals surface area (Å²) in [4.78, 5) is 17.5. The SMILES string of the molecule is [2H]c1nc(C([2H])([2H])[2H])n(CC2([2H])C(=O)c3c(n(C([2H])([2H])[2H])c4c([2H])c([2H])c([2H])c([2H])c34)C([2H])([2H])C2([2H])[2H])c1[2H]. The number of carbonyl (C=O) groups is 1. The van der Waals surface area contributed by atoms with E-state index in [4.69, 9.17) is 23.3 Å². The Bertz CT molecular complexity index is 1560. The smallest absolute Gasteiger partial charge is 0.170 e. The Kier molecular flexibility index (Phi) is 0.954. The number of ketones is 1. The second-order valence-electron chi connectivity index (χ2n) is 4.59. The topological polar surface area (TPSA) is 39.8 Å². The van der Waals surface area contributed by atoms with Gasteiger partial charge >= 0.3 is 0 Å². The van der Waals surface area contributed by atoms with Gasteiger partial charge in [-0.2, -0.15) is 0 Å². The number of imidazole rings is 1. The Morgan fingerprint density at radius 2 is 2.45 bits per heavy atom. The zero-order chi connectivity index (χ0) is 30.0. The van der Waals surface area contributed by atoms with Crippen LogP contribution in [0.25, 0.3) is 10.9 Å². The molecular formula is C18H19N3O. The summed E-state index contributed by atoms with van der Waals surface area (Å²) < 4.78 is 139. The molecule has 22 heavy (non-hydrogen) atoms. The Morgan fingerprint density at radius 1 is 1.55 bits per heavy atom. The summed E-state index contributed by atoms with van der Waals surface area (Å²) in [5, 5.41) is -0.748. The van der Waals surface area contributed by atoms with E-state index < -0.39 is 109 Å². The van der Waals surface area contributed by atoms with Gasteiger partial charge in [-0.15, -0.1) is 0 Å². The van der Waals surface area contributed by atoms with Crippen molar-refractivity contribution in [3.8, 4) is 0 Å². The highest BCUT2D eigenvalue weighted by Gasteiger charge is 2.32. The number of benzene rings is 1. The normalized spacial score (nSPS) is 38.2. The van der Waals surface area contributed by atoms with E-state index in [0.717, 1.165) is 0 Å². The molecule has 1 aliphatic carbocycles. The molecule has 0 N–H and O–H groups in total. The molecule has 4 nitrogen and oxygen atoms in total. The molecule has 2 aromatic heterocycles. The lowest BCUT2D eigenvalue weighted by Crippen LogP contribution is -2.27. The summed E-state index contributed by atoms with van der Waals surface area (Å²) in [5.74, 6) is -5.87. The molecule has 1 atom stereocenters. The van der Waals surface area contributed by atoms with E-state index in [9.17, 15) is 4.79 Å². The second kappa shape index (κ2) is 4.83. The van der Waals surface area contributed by atoms with Crippen molar-refractivity contribution in [1.29, 1.82) is 0 Å². The molecule has 112 valence electrons. The van der Waals surface area contributed by atoms with Crippen molar-refractivity contribution in [3.05, 3.63) is 53.6 Å². The van der Waals surface area contributed by atoms with Crippen LogP contribution in [-0.4, -0.2) is 19.9 Å². The van der Waals surface area contributed by atoms with Crippen LogP contribution in [0.2, 0.25) is 0 Å². The standard InChI is InChI=1S/C18H19N3O/c1-12-19-9-10-21(12)11-13-7-8-16-17(18(13)22)14-5-3-4-6-15(14)20(16)2/h3-6,9-10,13H,7-8,11H2,1-2H3/i1D3,2D3,3D,4D,5D,6D,7D2,8D2,9D,10D,13D. The monoisotopic (exact) mass is 310 g/mol. The molecule has 1 aromatic carbocycles.